The number of hydrogen-bond acceptors (Lipinski definition) is 3. The first-order valence-electron chi connectivity index (χ1n) is 6.19. The Morgan fingerprint density at radius 3 is 2.76 bits per heavy atom. The van der Waals surface area contributed by atoms with E-state index in [1.807, 2.05) is 20.1 Å². The van der Waals surface area contributed by atoms with Gasteiger partial charge in [-0.25, -0.2) is 0 Å². The fourth-order valence-electron chi connectivity index (χ4n) is 2.93. The zero-order chi connectivity index (χ0) is 12.6. The van der Waals surface area contributed by atoms with E-state index in [-0.39, 0.29) is 29.9 Å². The maximum atomic E-state index is 12.4. The number of carbonyl (C=O) groups excluding carboxylic acids is 2. The van der Waals surface area contributed by atoms with Gasteiger partial charge in [0.25, 0.3) is 0 Å². The van der Waals surface area contributed by atoms with Crippen LogP contribution in [0.3, 0.4) is 0 Å². The summed E-state index contributed by atoms with van der Waals surface area (Å²) >= 11 is 1.72. The predicted octanol–water partition coefficient (Wildman–Crippen LogP) is 0.960. The van der Waals surface area contributed by atoms with Crippen LogP contribution >= 0.6 is 11.8 Å². The SMILES string of the molecule is CSCC(C)N1C(=O)C2CCCN2C(=O)C1C. The first-order chi connectivity index (χ1) is 8.07. The molecule has 0 radical (unpaired) electrons. The molecule has 0 N–H and O–H groups in total. The van der Waals surface area contributed by atoms with Crippen molar-refractivity contribution in [1.82, 2.24) is 9.80 Å². The molecule has 0 aliphatic carbocycles. The second-order valence-corrected chi connectivity index (χ2v) is 5.83. The van der Waals surface area contributed by atoms with Crippen molar-refractivity contribution >= 4 is 23.6 Å². The summed E-state index contributed by atoms with van der Waals surface area (Å²) in [6.07, 6.45) is 3.82. The molecule has 2 aliphatic heterocycles. The minimum absolute atomic E-state index is 0.125. The van der Waals surface area contributed by atoms with Crippen LogP contribution in [0.5, 0.6) is 0 Å². The smallest absolute Gasteiger partial charge is 0.246 e. The van der Waals surface area contributed by atoms with Gasteiger partial charge in [0.15, 0.2) is 0 Å². The van der Waals surface area contributed by atoms with E-state index >= 15 is 0 Å². The summed E-state index contributed by atoms with van der Waals surface area (Å²) in [5.41, 5.74) is 0. The third kappa shape index (κ3) is 2.05. The molecule has 2 amide bonds. The molecule has 2 heterocycles. The Morgan fingerprint density at radius 1 is 1.41 bits per heavy atom. The molecule has 3 atom stereocenters. The molecule has 96 valence electrons. The Labute approximate surface area is 107 Å². The number of nitrogens with zero attached hydrogens (tertiary/aromatic N) is 2. The van der Waals surface area contributed by atoms with Gasteiger partial charge in [-0.2, -0.15) is 11.8 Å². The lowest BCUT2D eigenvalue weighted by Gasteiger charge is -2.43. The number of hydrogen-bond donors (Lipinski definition) is 0. The Bertz CT molecular complexity index is 334. The number of fused-ring (bicyclic) bond motifs is 1. The second kappa shape index (κ2) is 4.88. The molecular formula is C12H20N2O2S. The van der Waals surface area contributed by atoms with Gasteiger partial charge in [-0.05, 0) is 32.9 Å². The van der Waals surface area contributed by atoms with E-state index < -0.39 is 0 Å². The highest BCUT2D eigenvalue weighted by atomic mass is 32.2. The van der Waals surface area contributed by atoms with Gasteiger partial charge in [0.2, 0.25) is 11.8 Å². The molecule has 2 saturated heterocycles. The molecule has 0 aromatic carbocycles. The summed E-state index contributed by atoms with van der Waals surface area (Å²) in [7, 11) is 0. The van der Waals surface area contributed by atoms with Crippen LogP contribution in [0, 0.1) is 0 Å². The lowest BCUT2D eigenvalue weighted by Crippen LogP contribution is -2.64. The van der Waals surface area contributed by atoms with Crippen LogP contribution in [-0.4, -0.2) is 58.3 Å². The maximum absolute atomic E-state index is 12.4. The van der Waals surface area contributed by atoms with E-state index in [1.165, 1.54) is 0 Å². The molecule has 0 bridgehead atoms. The minimum atomic E-state index is -0.293. The highest BCUT2D eigenvalue weighted by molar-refractivity contribution is 7.98. The van der Waals surface area contributed by atoms with E-state index in [4.69, 9.17) is 0 Å². The molecule has 3 unspecified atom stereocenters. The van der Waals surface area contributed by atoms with Crippen LogP contribution in [0.4, 0.5) is 0 Å². The minimum Gasteiger partial charge on any atom is -0.329 e. The summed E-state index contributed by atoms with van der Waals surface area (Å²) in [6, 6.07) is -0.332. The summed E-state index contributed by atoms with van der Waals surface area (Å²) < 4.78 is 0. The fraction of sp³-hybridized carbons (Fsp3) is 0.833. The van der Waals surface area contributed by atoms with Crippen molar-refractivity contribution in [3.05, 3.63) is 0 Å². The molecule has 5 heteroatoms. The lowest BCUT2D eigenvalue weighted by atomic mass is 10.0. The molecule has 2 aliphatic rings. The van der Waals surface area contributed by atoms with Crippen LogP contribution in [-0.2, 0) is 9.59 Å². The Balaban J connectivity index is 2.21. The van der Waals surface area contributed by atoms with Gasteiger partial charge in [0.05, 0.1) is 0 Å². The zero-order valence-corrected chi connectivity index (χ0v) is 11.5. The van der Waals surface area contributed by atoms with Crippen molar-refractivity contribution in [3.8, 4) is 0 Å². The molecule has 17 heavy (non-hydrogen) atoms. The van der Waals surface area contributed by atoms with Gasteiger partial charge in [-0.15, -0.1) is 0 Å². The third-order valence-electron chi connectivity index (χ3n) is 3.73. The average molecular weight is 256 g/mol. The first kappa shape index (κ1) is 12.7. The highest BCUT2D eigenvalue weighted by Crippen LogP contribution is 2.28. The van der Waals surface area contributed by atoms with Gasteiger partial charge in [-0.3, -0.25) is 9.59 Å². The van der Waals surface area contributed by atoms with Gasteiger partial charge in [0, 0.05) is 18.3 Å². The summed E-state index contributed by atoms with van der Waals surface area (Å²) in [6.45, 7) is 4.64. The van der Waals surface area contributed by atoms with Gasteiger partial charge in [0.1, 0.15) is 12.1 Å². The van der Waals surface area contributed by atoms with Crippen LogP contribution < -0.4 is 0 Å². The van der Waals surface area contributed by atoms with Crippen LogP contribution in [0.1, 0.15) is 26.7 Å². The number of amides is 2. The Hall–Kier alpha value is -0.710. The maximum Gasteiger partial charge on any atom is 0.246 e. The number of piperazine rings is 1. The zero-order valence-electron chi connectivity index (χ0n) is 10.7. The van der Waals surface area contributed by atoms with Gasteiger partial charge < -0.3 is 9.80 Å². The van der Waals surface area contributed by atoms with Gasteiger partial charge >= 0.3 is 0 Å². The Kier molecular flexibility index (Phi) is 3.66. The van der Waals surface area contributed by atoms with Crippen molar-refractivity contribution in [2.75, 3.05) is 18.6 Å². The predicted molar refractivity (Wildman–Crippen MR) is 68.9 cm³/mol. The third-order valence-corrected chi connectivity index (χ3v) is 4.55. The number of carbonyl (C=O) groups is 2. The number of rotatable bonds is 3. The summed E-state index contributed by atoms with van der Waals surface area (Å²) in [5.74, 6) is 1.16. The fourth-order valence-corrected chi connectivity index (χ4v) is 3.57. The normalized spacial score (nSPS) is 30.8. The lowest BCUT2D eigenvalue weighted by molar-refractivity contribution is -0.160. The molecule has 0 spiro atoms. The Morgan fingerprint density at radius 2 is 2.12 bits per heavy atom. The monoisotopic (exact) mass is 256 g/mol. The van der Waals surface area contributed by atoms with Crippen LogP contribution in [0.2, 0.25) is 0 Å². The highest BCUT2D eigenvalue weighted by Gasteiger charge is 2.47. The van der Waals surface area contributed by atoms with Gasteiger partial charge in [-0.1, -0.05) is 0 Å². The van der Waals surface area contributed by atoms with E-state index in [1.54, 1.807) is 21.6 Å². The number of thioether (sulfide) groups is 1. The molecule has 2 rings (SSSR count). The molecule has 4 nitrogen and oxygen atoms in total. The molecule has 2 fully saturated rings. The standard InChI is InChI=1S/C12H20N2O2S/c1-8(7-17-3)14-9(2)11(15)13-6-4-5-10(13)12(14)16/h8-10H,4-7H2,1-3H3. The largest absolute Gasteiger partial charge is 0.329 e. The van der Waals surface area contributed by atoms with Crippen molar-refractivity contribution in [3.63, 3.8) is 0 Å². The second-order valence-electron chi connectivity index (χ2n) is 4.92. The van der Waals surface area contributed by atoms with Crippen molar-refractivity contribution < 1.29 is 9.59 Å². The van der Waals surface area contributed by atoms with Crippen molar-refractivity contribution in [1.29, 1.82) is 0 Å². The molecule has 0 aromatic heterocycles. The van der Waals surface area contributed by atoms with Crippen molar-refractivity contribution in [2.24, 2.45) is 0 Å². The molecule has 0 aromatic rings. The van der Waals surface area contributed by atoms with E-state index in [2.05, 4.69) is 0 Å². The van der Waals surface area contributed by atoms with Crippen LogP contribution in [0.25, 0.3) is 0 Å². The average Bonchev–Trinajstić information content (AvgIpc) is 2.76. The van der Waals surface area contributed by atoms with Crippen molar-refractivity contribution in [2.45, 2.75) is 44.8 Å². The summed E-state index contributed by atoms with van der Waals surface area (Å²) in [4.78, 5) is 28.2. The molecular weight excluding hydrogens is 236 g/mol. The summed E-state index contributed by atoms with van der Waals surface area (Å²) in [5, 5.41) is 0. The quantitative estimate of drug-likeness (QED) is 0.755. The molecule has 0 saturated carbocycles. The topological polar surface area (TPSA) is 40.6 Å². The van der Waals surface area contributed by atoms with E-state index in [9.17, 15) is 9.59 Å². The van der Waals surface area contributed by atoms with Crippen LogP contribution in [0.15, 0.2) is 0 Å². The first-order valence-corrected chi connectivity index (χ1v) is 7.59. The van der Waals surface area contributed by atoms with E-state index in [0.29, 0.717) is 0 Å². The van der Waals surface area contributed by atoms with E-state index in [0.717, 1.165) is 25.1 Å².